The Bertz CT molecular complexity index is 835. The molecule has 0 fully saturated rings. The second kappa shape index (κ2) is 4.59. The highest BCUT2D eigenvalue weighted by Gasteiger charge is 2.09. The van der Waals surface area contributed by atoms with Crippen molar-refractivity contribution in [2.45, 2.75) is 6.92 Å². The Balaban J connectivity index is 2.55. The lowest BCUT2D eigenvalue weighted by Gasteiger charge is -2.11. The average molecular weight is 243 g/mol. The molecule has 19 heavy (non-hydrogen) atoms. The van der Waals surface area contributed by atoms with E-state index >= 15 is 0 Å². The van der Waals surface area contributed by atoms with Gasteiger partial charge in [-0.1, -0.05) is 36.3 Å². The molecule has 0 radical (unpaired) electrons. The number of fused-ring (bicyclic) bond motifs is 3. The van der Waals surface area contributed by atoms with E-state index in [0.717, 1.165) is 11.1 Å². The smallest absolute Gasteiger partial charge is 0.0783 e. The number of aromatic nitrogens is 1. The van der Waals surface area contributed by atoms with Crippen molar-refractivity contribution in [2.75, 3.05) is 0 Å². The van der Waals surface area contributed by atoms with Crippen LogP contribution in [-0.2, 0) is 0 Å². The van der Waals surface area contributed by atoms with E-state index in [1.54, 1.807) is 6.08 Å². The fourth-order valence-corrected chi connectivity index (χ4v) is 2.54. The summed E-state index contributed by atoms with van der Waals surface area (Å²) in [4.78, 5) is 4.53. The molecular formula is C18H13N. The summed E-state index contributed by atoms with van der Waals surface area (Å²) in [7, 11) is 0. The molecular weight excluding hydrogens is 230 g/mol. The maximum atomic E-state index is 5.33. The predicted octanol–water partition coefficient (Wildman–Crippen LogP) is 4.34. The van der Waals surface area contributed by atoms with E-state index < -0.39 is 0 Å². The minimum absolute atomic E-state index is 1.00. The number of nitrogens with zero attached hydrogens (tertiary/aromatic N) is 1. The fourth-order valence-electron chi connectivity index (χ4n) is 2.54. The lowest BCUT2D eigenvalue weighted by molar-refractivity contribution is 1.39. The molecule has 0 unspecified atom stereocenters. The summed E-state index contributed by atoms with van der Waals surface area (Å²) in [6, 6.07) is 12.5. The molecule has 2 aromatic carbocycles. The molecule has 0 N–H and O–H groups in total. The third-order valence-electron chi connectivity index (χ3n) is 3.43. The molecule has 0 amide bonds. The summed E-state index contributed by atoms with van der Waals surface area (Å²) >= 11 is 0. The number of benzene rings is 2. The van der Waals surface area contributed by atoms with Crippen molar-refractivity contribution in [3.63, 3.8) is 0 Å². The van der Waals surface area contributed by atoms with Gasteiger partial charge in [-0.05, 0) is 41.5 Å². The number of rotatable bonds is 1. The van der Waals surface area contributed by atoms with Crippen LogP contribution >= 0.6 is 0 Å². The van der Waals surface area contributed by atoms with Crippen molar-refractivity contribution in [3.8, 4) is 12.3 Å². The Kier molecular flexibility index (Phi) is 2.78. The normalized spacial score (nSPS) is 11.2. The van der Waals surface area contributed by atoms with Gasteiger partial charge in [-0.2, -0.15) is 0 Å². The Morgan fingerprint density at radius 1 is 1.05 bits per heavy atom. The molecule has 1 nitrogen and oxygen atoms in total. The van der Waals surface area contributed by atoms with Crippen molar-refractivity contribution in [3.05, 3.63) is 59.8 Å². The van der Waals surface area contributed by atoms with E-state index in [1.807, 2.05) is 18.3 Å². The molecule has 0 aliphatic carbocycles. The lowest BCUT2D eigenvalue weighted by atomic mass is 9.95. The quantitative estimate of drug-likeness (QED) is 0.457. The molecule has 0 saturated carbocycles. The second-order valence-corrected chi connectivity index (χ2v) is 4.48. The first-order chi connectivity index (χ1) is 9.33. The highest BCUT2D eigenvalue weighted by molar-refractivity contribution is 6.11. The summed E-state index contributed by atoms with van der Waals surface area (Å²) in [5, 5.41) is 3.65. The van der Waals surface area contributed by atoms with Gasteiger partial charge in [0.05, 0.1) is 5.52 Å². The lowest BCUT2D eigenvalue weighted by Crippen LogP contribution is -1.90. The summed E-state index contributed by atoms with van der Waals surface area (Å²) in [6.45, 7) is 2.12. The van der Waals surface area contributed by atoms with Gasteiger partial charge in [0.15, 0.2) is 0 Å². The van der Waals surface area contributed by atoms with Crippen molar-refractivity contribution >= 4 is 27.8 Å². The first-order valence-electron chi connectivity index (χ1n) is 6.21. The third-order valence-corrected chi connectivity index (χ3v) is 3.43. The van der Waals surface area contributed by atoms with Crippen LogP contribution in [0.15, 0.2) is 48.7 Å². The first kappa shape index (κ1) is 11.5. The first-order valence-corrected chi connectivity index (χ1v) is 6.21. The van der Waals surface area contributed by atoms with Crippen LogP contribution in [0.25, 0.3) is 27.8 Å². The standard InChI is InChI=1S/C18H13N/c1-3-4-8-15-13(2)14-9-5-6-10-16(14)17-11-7-12-19-18(15)17/h1,4-12H,2H3/b8-4-. The van der Waals surface area contributed by atoms with Crippen LogP contribution in [0.5, 0.6) is 0 Å². The molecule has 3 rings (SSSR count). The largest absolute Gasteiger partial charge is 0.256 e. The SMILES string of the molecule is C#C/C=C\c1c(C)c2ccccc2c2cccnc12. The number of hydrogen-bond donors (Lipinski definition) is 0. The third kappa shape index (κ3) is 1.78. The number of pyridine rings is 1. The number of aryl methyl sites for hydroxylation is 1. The van der Waals surface area contributed by atoms with Gasteiger partial charge in [-0.25, -0.2) is 0 Å². The molecule has 0 aliphatic rings. The molecule has 0 aliphatic heterocycles. The molecule has 0 saturated heterocycles. The van der Waals surface area contributed by atoms with Crippen LogP contribution in [0, 0.1) is 19.3 Å². The number of hydrogen-bond acceptors (Lipinski definition) is 1. The molecule has 0 atom stereocenters. The molecule has 90 valence electrons. The van der Waals surface area contributed by atoms with Gasteiger partial charge in [-0.15, -0.1) is 6.42 Å². The monoisotopic (exact) mass is 243 g/mol. The van der Waals surface area contributed by atoms with Gasteiger partial charge in [0.2, 0.25) is 0 Å². The predicted molar refractivity (Wildman–Crippen MR) is 81.9 cm³/mol. The van der Waals surface area contributed by atoms with Crippen LogP contribution in [0.1, 0.15) is 11.1 Å². The van der Waals surface area contributed by atoms with Gasteiger partial charge in [0.1, 0.15) is 0 Å². The van der Waals surface area contributed by atoms with E-state index in [-0.39, 0.29) is 0 Å². The summed E-state index contributed by atoms with van der Waals surface area (Å²) in [5.74, 6) is 2.55. The van der Waals surface area contributed by atoms with E-state index in [0.29, 0.717) is 0 Å². The van der Waals surface area contributed by atoms with E-state index in [9.17, 15) is 0 Å². The molecule has 1 aromatic heterocycles. The molecule has 0 spiro atoms. The van der Waals surface area contributed by atoms with Crippen LogP contribution in [-0.4, -0.2) is 4.98 Å². The fraction of sp³-hybridized carbons (Fsp3) is 0.0556. The average Bonchev–Trinajstić information content (AvgIpc) is 2.47. The minimum Gasteiger partial charge on any atom is -0.256 e. The second-order valence-electron chi connectivity index (χ2n) is 4.48. The summed E-state index contributed by atoms with van der Waals surface area (Å²) < 4.78 is 0. The van der Waals surface area contributed by atoms with Crippen molar-refractivity contribution in [2.24, 2.45) is 0 Å². The maximum absolute atomic E-state index is 5.33. The molecule has 1 heteroatoms. The van der Waals surface area contributed by atoms with E-state index in [2.05, 4.69) is 48.2 Å². The van der Waals surface area contributed by atoms with Crippen LogP contribution in [0.4, 0.5) is 0 Å². The Labute approximate surface area is 112 Å². The maximum Gasteiger partial charge on any atom is 0.0783 e. The number of terminal acetylenes is 1. The summed E-state index contributed by atoms with van der Waals surface area (Å²) in [6.07, 6.45) is 10.8. The van der Waals surface area contributed by atoms with Crippen LogP contribution in [0.3, 0.4) is 0 Å². The highest BCUT2D eigenvalue weighted by atomic mass is 14.6. The molecule has 0 bridgehead atoms. The van der Waals surface area contributed by atoms with E-state index in [4.69, 9.17) is 6.42 Å². The van der Waals surface area contributed by atoms with Crippen molar-refractivity contribution < 1.29 is 0 Å². The zero-order valence-electron chi connectivity index (χ0n) is 10.7. The van der Waals surface area contributed by atoms with Gasteiger partial charge < -0.3 is 0 Å². The Hall–Kier alpha value is -2.59. The van der Waals surface area contributed by atoms with Crippen LogP contribution < -0.4 is 0 Å². The highest BCUT2D eigenvalue weighted by Crippen LogP contribution is 2.31. The topological polar surface area (TPSA) is 12.9 Å². The zero-order chi connectivity index (χ0) is 13.2. The molecule has 3 aromatic rings. The number of allylic oxidation sites excluding steroid dienone is 1. The van der Waals surface area contributed by atoms with Gasteiger partial charge in [-0.3, -0.25) is 4.98 Å². The Morgan fingerprint density at radius 2 is 1.79 bits per heavy atom. The summed E-state index contributed by atoms with van der Waals surface area (Å²) in [5.41, 5.74) is 3.32. The van der Waals surface area contributed by atoms with Crippen LogP contribution in [0.2, 0.25) is 0 Å². The van der Waals surface area contributed by atoms with Gasteiger partial charge >= 0.3 is 0 Å². The van der Waals surface area contributed by atoms with Gasteiger partial charge in [0, 0.05) is 17.1 Å². The van der Waals surface area contributed by atoms with Crippen molar-refractivity contribution in [1.82, 2.24) is 4.98 Å². The molecule has 1 heterocycles. The van der Waals surface area contributed by atoms with E-state index in [1.165, 1.54) is 21.7 Å². The zero-order valence-corrected chi connectivity index (χ0v) is 10.7. The van der Waals surface area contributed by atoms with Crippen molar-refractivity contribution in [1.29, 1.82) is 0 Å². The Morgan fingerprint density at radius 3 is 2.58 bits per heavy atom. The van der Waals surface area contributed by atoms with Gasteiger partial charge in [0.25, 0.3) is 0 Å². The minimum atomic E-state index is 1.00.